The lowest BCUT2D eigenvalue weighted by Gasteiger charge is -2.08. The van der Waals surface area contributed by atoms with E-state index in [9.17, 15) is 8.42 Å². The molecule has 0 spiro atoms. The quantitative estimate of drug-likeness (QED) is 0.458. The average Bonchev–Trinajstić information content (AvgIpc) is 2.43. The van der Waals surface area contributed by atoms with Crippen molar-refractivity contribution in [2.75, 3.05) is 6.61 Å². The molecule has 1 unspecified atom stereocenters. The largest absolute Gasteiger partial charge is 0.270 e. The molecule has 0 amide bonds. The van der Waals surface area contributed by atoms with Gasteiger partial charge in [0, 0.05) is 0 Å². The van der Waals surface area contributed by atoms with Crippen molar-refractivity contribution in [3.8, 4) is 0 Å². The minimum Gasteiger partial charge on any atom is -0.270 e. The van der Waals surface area contributed by atoms with Crippen LogP contribution in [0.3, 0.4) is 0 Å². The van der Waals surface area contributed by atoms with E-state index in [0.29, 0.717) is 12.5 Å². The molecule has 1 saturated heterocycles. The first-order valence-electron chi connectivity index (χ1n) is 3.08. The van der Waals surface area contributed by atoms with Gasteiger partial charge in [0.15, 0.2) is 0 Å². The van der Waals surface area contributed by atoms with Gasteiger partial charge in [-0.05, 0) is 18.8 Å². The van der Waals surface area contributed by atoms with Crippen LogP contribution in [-0.4, -0.2) is 20.3 Å². The second-order valence-corrected chi connectivity index (χ2v) is 4.46. The molecule has 4 heteroatoms. The van der Waals surface area contributed by atoms with Gasteiger partial charge in [0.05, 0.1) is 11.9 Å². The van der Waals surface area contributed by atoms with Gasteiger partial charge in [0.2, 0.25) is 0 Å². The van der Waals surface area contributed by atoms with Crippen molar-refractivity contribution in [1.82, 2.24) is 0 Å². The molecular weight excluding hydrogens is 140 g/mol. The Kier molecular flexibility index (Phi) is 0.941. The Morgan fingerprint density at radius 2 is 2.22 bits per heavy atom. The van der Waals surface area contributed by atoms with Gasteiger partial charge in [-0.15, -0.1) is 0 Å². The molecule has 0 aromatic rings. The van der Waals surface area contributed by atoms with Crippen LogP contribution in [0, 0.1) is 5.92 Å². The highest BCUT2D eigenvalue weighted by molar-refractivity contribution is 7.87. The summed E-state index contributed by atoms with van der Waals surface area (Å²) in [6.07, 6.45) is 1.77. The lowest BCUT2D eigenvalue weighted by molar-refractivity contribution is 0.287. The summed E-state index contributed by atoms with van der Waals surface area (Å²) in [4.78, 5) is 0. The van der Waals surface area contributed by atoms with E-state index >= 15 is 0 Å². The molecule has 1 aliphatic heterocycles. The molecule has 3 nitrogen and oxygen atoms in total. The number of rotatable bonds is 0. The first-order valence-corrected chi connectivity index (χ1v) is 4.55. The van der Waals surface area contributed by atoms with Crippen LogP contribution >= 0.6 is 0 Å². The van der Waals surface area contributed by atoms with Gasteiger partial charge in [-0.2, -0.15) is 8.42 Å². The van der Waals surface area contributed by atoms with Gasteiger partial charge in [-0.3, -0.25) is 4.18 Å². The van der Waals surface area contributed by atoms with Gasteiger partial charge in [-0.25, -0.2) is 0 Å². The van der Waals surface area contributed by atoms with E-state index in [2.05, 4.69) is 4.18 Å². The van der Waals surface area contributed by atoms with Gasteiger partial charge in [0.25, 0.3) is 10.1 Å². The molecule has 2 atom stereocenters. The maximum absolute atomic E-state index is 10.8. The fraction of sp³-hybridized carbons (Fsp3) is 1.00. The zero-order chi connectivity index (χ0) is 6.48. The van der Waals surface area contributed by atoms with E-state index < -0.39 is 10.1 Å². The Morgan fingerprint density at radius 3 is 2.78 bits per heavy atom. The molecule has 2 rings (SSSR count). The van der Waals surface area contributed by atoms with Crippen LogP contribution in [0.5, 0.6) is 0 Å². The van der Waals surface area contributed by atoms with Gasteiger partial charge < -0.3 is 0 Å². The van der Waals surface area contributed by atoms with Crippen LogP contribution in [0.25, 0.3) is 0 Å². The summed E-state index contributed by atoms with van der Waals surface area (Å²) in [5.74, 6) is 0.434. The summed E-state index contributed by atoms with van der Waals surface area (Å²) < 4.78 is 26.2. The minimum absolute atomic E-state index is 0.133. The van der Waals surface area contributed by atoms with E-state index in [1.807, 2.05) is 0 Å². The molecule has 1 aliphatic carbocycles. The van der Waals surface area contributed by atoms with Crippen molar-refractivity contribution in [2.24, 2.45) is 5.92 Å². The Hall–Kier alpha value is -0.0900. The Labute approximate surface area is 54.1 Å². The van der Waals surface area contributed by atoms with Crippen molar-refractivity contribution >= 4 is 10.1 Å². The van der Waals surface area contributed by atoms with Crippen LogP contribution in [0.2, 0.25) is 0 Å². The number of hydrogen-bond acceptors (Lipinski definition) is 3. The fourth-order valence-corrected chi connectivity index (χ4v) is 2.87. The SMILES string of the molecule is O=S1(=O)OCCC2C[C@H]21. The van der Waals surface area contributed by atoms with Crippen molar-refractivity contribution in [1.29, 1.82) is 0 Å². The van der Waals surface area contributed by atoms with Crippen LogP contribution in [0.1, 0.15) is 12.8 Å². The monoisotopic (exact) mass is 148 g/mol. The zero-order valence-electron chi connectivity index (χ0n) is 4.91. The van der Waals surface area contributed by atoms with Crippen LogP contribution in [0.4, 0.5) is 0 Å². The Bertz CT molecular complexity index is 218. The van der Waals surface area contributed by atoms with Crippen molar-refractivity contribution in [3.05, 3.63) is 0 Å². The maximum Gasteiger partial charge on any atom is 0.270 e. The molecule has 1 saturated carbocycles. The van der Waals surface area contributed by atoms with Crippen LogP contribution in [0.15, 0.2) is 0 Å². The summed E-state index contributed by atoms with van der Waals surface area (Å²) in [5, 5.41) is -0.133. The average molecular weight is 148 g/mol. The molecule has 1 heterocycles. The molecule has 52 valence electrons. The molecule has 9 heavy (non-hydrogen) atoms. The second kappa shape index (κ2) is 1.49. The van der Waals surface area contributed by atoms with Crippen molar-refractivity contribution in [3.63, 3.8) is 0 Å². The van der Waals surface area contributed by atoms with E-state index in [4.69, 9.17) is 0 Å². The van der Waals surface area contributed by atoms with E-state index in [1.54, 1.807) is 0 Å². The van der Waals surface area contributed by atoms with E-state index in [-0.39, 0.29) is 5.25 Å². The number of hydrogen-bond donors (Lipinski definition) is 0. The predicted octanol–water partition coefficient (Wildman–Crippen LogP) is 0.125. The second-order valence-electron chi connectivity index (χ2n) is 2.64. The van der Waals surface area contributed by atoms with Gasteiger partial charge >= 0.3 is 0 Å². The zero-order valence-corrected chi connectivity index (χ0v) is 5.73. The van der Waals surface area contributed by atoms with E-state index in [1.165, 1.54) is 0 Å². The molecular formula is C5H8O3S. The minimum atomic E-state index is -3.09. The molecule has 0 radical (unpaired) electrons. The summed E-state index contributed by atoms with van der Waals surface area (Å²) in [7, 11) is -3.09. The maximum atomic E-state index is 10.8. The molecule has 0 aromatic heterocycles. The summed E-state index contributed by atoms with van der Waals surface area (Å²) in [6, 6.07) is 0. The third-order valence-corrected chi connectivity index (χ3v) is 3.78. The standard InChI is InChI=1S/C5H8O3S/c6-9(7)5-3-4(5)1-2-8-9/h4-5H,1-3H2/t4?,5-/m1/s1. The fourth-order valence-electron chi connectivity index (χ4n) is 1.28. The smallest absolute Gasteiger partial charge is 0.270 e. The molecule has 2 aliphatic rings. The predicted molar refractivity (Wildman–Crippen MR) is 31.4 cm³/mol. The lowest BCUT2D eigenvalue weighted by atomic mass is 10.3. The number of fused-ring (bicyclic) bond motifs is 1. The highest BCUT2D eigenvalue weighted by atomic mass is 32.2. The summed E-state index contributed by atoms with van der Waals surface area (Å²) in [6.45, 7) is 0.406. The molecule has 0 bridgehead atoms. The first kappa shape index (κ1) is 5.68. The van der Waals surface area contributed by atoms with Gasteiger partial charge in [0.1, 0.15) is 0 Å². The normalized spacial score (nSPS) is 45.8. The Balaban J connectivity index is 2.28. The highest BCUT2D eigenvalue weighted by Gasteiger charge is 2.50. The third kappa shape index (κ3) is 0.773. The van der Waals surface area contributed by atoms with E-state index in [0.717, 1.165) is 12.8 Å². The topological polar surface area (TPSA) is 43.4 Å². The Morgan fingerprint density at radius 1 is 1.44 bits per heavy atom. The van der Waals surface area contributed by atoms with Crippen molar-refractivity contribution in [2.45, 2.75) is 18.1 Å². The lowest BCUT2D eigenvalue weighted by Crippen LogP contribution is -2.19. The molecule has 0 aromatic carbocycles. The third-order valence-electron chi connectivity index (χ3n) is 1.96. The van der Waals surface area contributed by atoms with Crippen LogP contribution in [-0.2, 0) is 14.3 Å². The van der Waals surface area contributed by atoms with Crippen molar-refractivity contribution < 1.29 is 12.6 Å². The molecule has 2 fully saturated rings. The summed E-state index contributed by atoms with van der Waals surface area (Å²) in [5.41, 5.74) is 0. The first-order chi connectivity index (χ1) is 4.20. The highest BCUT2D eigenvalue weighted by Crippen LogP contribution is 2.43. The van der Waals surface area contributed by atoms with Gasteiger partial charge in [-0.1, -0.05) is 0 Å². The molecule has 0 N–H and O–H groups in total. The van der Waals surface area contributed by atoms with Crippen LogP contribution < -0.4 is 0 Å². The summed E-state index contributed by atoms with van der Waals surface area (Å²) >= 11 is 0.